The van der Waals surface area contributed by atoms with Crippen LogP contribution in [0.4, 0.5) is 8.78 Å². The number of carbonyl (C=O) groups excluding carboxylic acids is 1. The number of carbonyl (C=O) groups is 1. The summed E-state index contributed by atoms with van der Waals surface area (Å²) in [6, 6.07) is 14.3. The molecule has 1 N–H and O–H groups in total. The summed E-state index contributed by atoms with van der Waals surface area (Å²) in [6.45, 7) is 0.103. The molecule has 2 aliphatic rings. The average molecular weight is 449 g/mol. The predicted octanol–water partition coefficient (Wildman–Crippen LogP) is 3.39. The number of aryl methyl sites for hydroxylation is 1. The second-order valence-corrected chi connectivity index (χ2v) is 10.3. The van der Waals surface area contributed by atoms with Crippen molar-refractivity contribution in [1.82, 2.24) is 9.62 Å². The summed E-state index contributed by atoms with van der Waals surface area (Å²) in [4.78, 5) is 14.0. The van der Waals surface area contributed by atoms with Crippen LogP contribution in [0.25, 0.3) is 11.1 Å². The maximum absolute atomic E-state index is 14.9. The zero-order valence-corrected chi connectivity index (χ0v) is 18.2. The molecule has 166 valence electrons. The van der Waals surface area contributed by atoms with Gasteiger partial charge in [-0.2, -0.15) is 8.78 Å². The third-order valence-corrected chi connectivity index (χ3v) is 6.85. The van der Waals surface area contributed by atoms with E-state index in [-0.39, 0.29) is 13.0 Å². The van der Waals surface area contributed by atoms with Crippen molar-refractivity contribution in [2.75, 3.05) is 12.8 Å². The molecule has 0 aliphatic carbocycles. The van der Waals surface area contributed by atoms with E-state index in [1.165, 1.54) is 4.90 Å². The molecular formula is C23H26F2N2O3S. The summed E-state index contributed by atoms with van der Waals surface area (Å²) in [7, 11) is -3.55. The third kappa shape index (κ3) is 4.80. The van der Waals surface area contributed by atoms with Crippen molar-refractivity contribution in [3.8, 4) is 11.1 Å². The quantitative estimate of drug-likeness (QED) is 0.766. The Morgan fingerprint density at radius 3 is 2.68 bits per heavy atom. The Bertz CT molecular complexity index is 1090. The fourth-order valence-corrected chi connectivity index (χ4v) is 5.54. The third-order valence-electron chi connectivity index (χ3n) is 6.12. The summed E-state index contributed by atoms with van der Waals surface area (Å²) in [5, 5.41) is 0. The zero-order chi connectivity index (χ0) is 22.2. The Morgan fingerprint density at radius 1 is 1.13 bits per heavy atom. The van der Waals surface area contributed by atoms with Crippen LogP contribution in [0.1, 0.15) is 30.4 Å². The number of halogens is 2. The molecule has 0 radical (unpaired) electrons. The average Bonchev–Trinajstić information content (AvgIpc) is 3.07. The molecule has 31 heavy (non-hydrogen) atoms. The summed E-state index contributed by atoms with van der Waals surface area (Å²) < 4.78 is 56.0. The minimum absolute atomic E-state index is 0.103. The second-order valence-electron chi connectivity index (χ2n) is 8.47. The molecule has 5 nitrogen and oxygen atoms in total. The molecule has 0 aromatic heterocycles. The number of nitrogens with zero attached hydrogens (tertiary/aromatic N) is 1. The summed E-state index contributed by atoms with van der Waals surface area (Å²) in [6.07, 6.45) is 1.74. The van der Waals surface area contributed by atoms with Gasteiger partial charge in [0.25, 0.3) is 5.91 Å². The standard InChI is InChI=1S/C23H26F2N2O3S/c1-31(29,30)26-20-11-13-27-21(20)15-16-6-4-8-18(14-16)19-10-3-2-7-17(19)9-5-12-23(24,25)22(27)28/h2-4,6-8,10,14,20-21,26H,5,9,11-13,15H2,1H3. The number of sulfonamides is 1. The Kier molecular flexibility index (Phi) is 5.87. The van der Waals surface area contributed by atoms with Crippen molar-refractivity contribution in [1.29, 1.82) is 0 Å². The van der Waals surface area contributed by atoms with E-state index in [1.807, 2.05) is 48.5 Å². The summed E-state index contributed by atoms with van der Waals surface area (Å²) in [5.74, 6) is -4.70. The number of fused-ring (bicyclic) bond motifs is 5. The van der Waals surface area contributed by atoms with Crippen LogP contribution in [-0.2, 0) is 27.7 Å². The van der Waals surface area contributed by atoms with Crippen LogP contribution in [0.3, 0.4) is 0 Å². The van der Waals surface area contributed by atoms with Gasteiger partial charge in [0, 0.05) is 19.0 Å². The van der Waals surface area contributed by atoms with E-state index in [4.69, 9.17) is 0 Å². The molecule has 4 rings (SSSR count). The first-order chi connectivity index (χ1) is 14.6. The highest BCUT2D eigenvalue weighted by molar-refractivity contribution is 7.88. The van der Waals surface area contributed by atoms with Crippen molar-refractivity contribution in [2.45, 2.75) is 50.1 Å². The van der Waals surface area contributed by atoms with Gasteiger partial charge in [-0.3, -0.25) is 4.79 Å². The molecule has 2 aromatic rings. The van der Waals surface area contributed by atoms with Crippen LogP contribution in [0, 0.1) is 0 Å². The fraction of sp³-hybridized carbons (Fsp3) is 0.435. The monoisotopic (exact) mass is 448 g/mol. The number of hydrogen-bond donors (Lipinski definition) is 1. The molecule has 1 amide bonds. The van der Waals surface area contributed by atoms with Gasteiger partial charge >= 0.3 is 5.92 Å². The zero-order valence-electron chi connectivity index (χ0n) is 17.4. The number of alkyl halides is 2. The lowest BCUT2D eigenvalue weighted by atomic mass is 9.93. The Hall–Kier alpha value is -2.32. The van der Waals surface area contributed by atoms with Crippen molar-refractivity contribution in [2.24, 2.45) is 0 Å². The van der Waals surface area contributed by atoms with Crippen LogP contribution in [0.2, 0.25) is 0 Å². The molecule has 2 heterocycles. The maximum atomic E-state index is 14.9. The number of hydrogen-bond acceptors (Lipinski definition) is 3. The van der Waals surface area contributed by atoms with Crippen LogP contribution in [-0.4, -0.2) is 50.0 Å². The minimum atomic E-state index is -3.55. The van der Waals surface area contributed by atoms with Gasteiger partial charge in [0.1, 0.15) is 0 Å². The van der Waals surface area contributed by atoms with E-state index in [0.29, 0.717) is 19.3 Å². The van der Waals surface area contributed by atoms with Gasteiger partial charge in [0.2, 0.25) is 10.0 Å². The summed E-state index contributed by atoms with van der Waals surface area (Å²) >= 11 is 0. The topological polar surface area (TPSA) is 66.5 Å². The highest BCUT2D eigenvalue weighted by Gasteiger charge is 2.48. The van der Waals surface area contributed by atoms with Crippen molar-refractivity contribution in [3.05, 3.63) is 59.7 Å². The molecule has 0 spiro atoms. The van der Waals surface area contributed by atoms with Crippen LogP contribution in [0.15, 0.2) is 48.5 Å². The van der Waals surface area contributed by atoms with Gasteiger partial charge in [-0.05, 0) is 47.9 Å². The van der Waals surface area contributed by atoms with E-state index in [9.17, 15) is 22.0 Å². The number of benzene rings is 2. The fourth-order valence-electron chi connectivity index (χ4n) is 4.72. The lowest BCUT2D eigenvalue weighted by Gasteiger charge is -2.31. The Balaban J connectivity index is 1.78. The molecule has 2 aromatic carbocycles. The van der Waals surface area contributed by atoms with Crippen molar-refractivity contribution in [3.63, 3.8) is 0 Å². The van der Waals surface area contributed by atoms with Gasteiger partial charge in [-0.1, -0.05) is 48.5 Å². The van der Waals surface area contributed by atoms with Crippen LogP contribution in [0.5, 0.6) is 0 Å². The van der Waals surface area contributed by atoms with E-state index >= 15 is 0 Å². The highest BCUT2D eigenvalue weighted by Crippen LogP contribution is 2.33. The molecule has 1 fully saturated rings. The normalized spacial score (nSPS) is 23.8. The van der Waals surface area contributed by atoms with Crippen molar-refractivity contribution >= 4 is 15.9 Å². The minimum Gasteiger partial charge on any atom is -0.332 e. The maximum Gasteiger partial charge on any atom is 0.324 e. The number of nitrogens with one attached hydrogen (secondary N) is 1. The lowest BCUT2D eigenvalue weighted by Crippen LogP contribution is -2.51. The van der Waals surface area contributed by atoms with Gasteiger partial charge in [0.15, 0.2) is 0 Å². The lowest BCUT2D eigenvalue weighted by molar-refractivity contribution is -0.159. The molecule has 2 aliphatic heterocycles. The molecule has 2 bridgehead atoms. The Morgan fingerprint density at radius 2 is 1.90 bits per heavy atom. The van der Waals surface area contributed by atoms with E-state index < -0.39 is 40.4 Å². The van der Waals surface area contributed by atoms with Crippen LogP contribution >= 0.6 is 0 Å². The Labute approximate surface area is 181 Å². The van der Waals surface area contributed by atoms with Crippen molar-refractivity contribution < 1.29 is 22.0 Å². The van der Waals surface area contributed by atoms with E-state index in [1.54, 1.807) is 0 Å². The predicted molar refractivity (Wildman–Crippen MR) is 115 cm³/mol. The van der Waals surface area contributed by atoms with Gasteiger partial charge < -0.3 is 4.90 Å². The first kappa shape index (κ1) is 21.9. The highest BCUT2D eigenvalue weighted by atomic mass is 32.2. The molecule has 0 saturated carbocycles. The molecule has 1 saturated heterocycles. The number of rotatable bonds is 2. The van der Waals surface area contributed by atoms with Gasteiger partial charge in [-0.25, -0.2) is 13.1 Å². The largest absolute Gasteiger partial charge is 0.332 e. The second kappa shape index (κ2) is 8.31. The first-order valence-corrected chi connectivity index (χ1v) is 12.4. The van der Waals surface area contributed by atoms with Gasteiger partial charge in [0.05, 0.1) is 12.3 Å². The smallest absolute Gasteiger partial charge is 0.324 e. The number of amides is 1. The van der Waals surface area contributed by atoms with E-state index in [2.05, 4.69) is 4.72 Å². The van der Waals surface area contributed by atoms with E-state index in [0.717, 1.165) is 28.5 Å². The molecule has 2 atom stereocenters. The summed E-state index contributed by atoms with van der Waals surface area (Å²) in [5.41, 5.74) is 3.83. The molecule has 2 unspecified atom stereocenters. The molecular weight excluding hydrogens is 422 g/mol. The first-order valence-electron chi connectivity index (χ1n) is 10.5. The van der Waals surface area contributed by atoms with Crippen LogP contribution < -0.4 is 4.72 Å². The SMILES string of the molecule is CS(=O)(=O)NC1CCN2C(=O)C(F)(F)CCCc3ccccc3-c3cccc(c3)CC12. The molecule has 8 heteroatoms. The van der Waals surface area contributed by atoms with Gasteiger partial charge in [-0.15, -0.1) is 0 Å².